The molecule has 1 heterocycles. The fourth-order valence-electron chi connectivity index (χ4n) is 5.11. The number of ether oxygens (including phenoxy) is 1. The highest BCUT2D eigenvalue weighted by Gasteiger charge is 2.38. The van der Waals surface area contributed by atoms with Crippen LogP contribution in [0.5, 0.6) is 5.75 Å². The molecule has 6 heteroatoms. The van der Waals surface area contributed by atoms with Gasteiger partial charge in [0.15, 0.2) is 0 Å². The average molecular weight is 475 g/mol. The van der Waals surface area contributed by atoms with Gasteiger partial charge in [0.25, 0.3) is 0 Å². The molecule has 0 spiro atoms. The number of fused-ring (bicyclic) bond motifs is 3. The van der Waals surface area contributed by atoms with Crippen LogP contribution in [0, 0.1) is 5.92 Å². The molecular weight excluding hydrogens is 444 g/mol. The summed E-state index contributed by atoms with van der Waals surface area (Å²) in [5.74, 6) is 1.39. The first-order valence-corrected chi connectivity index (χ1v) is 13.2. The number of nitrogens with zero attached hydrogens (tertiary/aromatic N) is 1. The molecular formula is C28H30N2O3S. The SMILES string of the molecule is CCOc1ccc(C2Nc3ccc(S(=O)(=O)N(C)Cc4ccccc4)cc3C3C=CCC32)cc1. The lowest BCUT2D eigenvalue weighted by atomic mass is 9.77. The number of hydrogen-bond donors (Lipinski definition) is 1. The Kier molecular flexibility index (Phi) is 6.19. The Labute approximate surface area is 202 Å². The first kappa shape index (κ1) is 22.7. The highest BCUT2D eigenvalue weighted by molar-refractivity contribution is 7.89. The van der Waals surface area contributed by atoms with Crippen LogP contribution in [0.3, 0.4) is 0 Å². The van der Waals surface area contributed by atoms with Gasteiger partial charge in [0.05, 0.1) is 17.5 Å². The second-order valence-electron chi connectivity index (χ2n) is 8.97. The highest BCUT2D eigenvalue weighted by atomic mass is 32.2. The van der Waals surface area contributed by atoms with Gasteiger partial charge in [-0.2, -0.15) is 4.31 Å². The number of benzene rings is 3. The van der Waals surface area contributed by atoms with E-state index < -0.39 is 10.0 Å². The van der Waals surface area contributed by atoms with Gasteiger partial charge in [-0.1, -0.05) is 54.6 Å². The summed E-state index contributed by atoms with van der Waals surface area (Å²) in [5.41, 5.74) is 4.23. The molecule has 34 heavy (non-hydrogen) atoms. The Bertz CT molecular complexity index is 1290. The molecule has 0 saturated carbocycles. The maximum absolute atomic E-state index is 13.4. The molecule has 0 bridgehead atoms. The van der Waals surface area contributed by atoms with Crippen molar-refractivity contribution in [1.29, 1.82) is 0 Å². The third-order valence-electron chi connectivity index (χ3n) is 6.84. The molecule has 3 unspecified atom stereocenters. The number of allylic oxidation sites excluding steroid dienone is 2. The summed E-state index contributed by atoms with van der Waals surface area (Å²) in [5, 5.41) is 3.69. The Hall–Kier alpha value is -3.09. The lowest BCUT2D eigenvalue weighted by Gasteiger charge is -2.38. The first-order chi connectivity index (χ1) is 16.5. The molecule has 1 aliphatic heterocycles. The van der Waals surface area contributed by atoms with Crippen molar-refractivity contribution < 1.29 is 13.2 Å². The van der Waals surface area contributed by atoms with Crippen molar-refractivity contribution >= 4 is 15.7 Å². The van der Waals surface area contributed by atoms with Gasteiger partial charge in [-0.05, 0) is 66.3 Å². The fraction of sp³-hybridized carbons (Fsp3) is 0.286. The Morgan fingerprint density at radius 3 is 2.53 bits per heavy atom. The number of nitrogens with one attached hydrogen (secondary N) is 1. The van der Waals surface area contributed by atoms with Gasteiger partial charge >= 0.3 is 0 Å². The topological polar surface area (TPSA) is 58.6 Å². The normalized spacial score (nSPS) is 21.1. The van der Waals surface area contributed by atoms with Gasteiger partial charge in [-0.3, -0.25) is 0 Å². The number of anilines is 1. The van der Waals surface area contributed by atoms with E-state index in [4.69, 9.17) is 4.74 Å². The third kappa shape index (κ3) is 4.24. The van der Waals surface area contributed by atoms with E-state index in [0.29, 0.717) is 24.0 Å². The second kappa shape index (κ2) is 9.28. The third-order valence-corrected chi connectivity index (χ3v) is 8.64. The van der Waals surface area contributed by atoms with Crippen molar-refractivity contribution in [3.05, 3.63) is 102 Å². The predicted molar refractivity (Wildman–Crippen MR) is 135 cm³/mol. The molecule has 2 aliphatic rings. The van der Waals surface area contributed by atoms with Crippen molar-refractivity contribution in [2.45, 2.75) is 36.7 Å². The summed E-state index contributed by atoms with van der Waals surface area (Å²) in [6.45, 7) is 2.97. The lowest BCUT2D eigenvalue weighted by Crippen LogP contribution is -2.30. The van der Waals surface area contributed by atoms with E-state index in [0.717, 1.165) is 29.0 Å². The van der Waals surface area contributed by atoms with Crippen LogP contribution in [-0.2, 0) is 16.6 Å². The zero-order valence-electron chi connectivity index (χ0n) is 19.5. The monoisotopic (exact) mass is 474 g/mol. The number of sulfonamides is 1. The van der Waals surface area contributed by atoms with E-state index in [1.807, 2.05) is 61.5 Å². The largest absolute Gasteiger partial charge is 0.494 e. The minimum atomic E-state index is -3.61. The van der Waals surface area contributed by atoms with Crippen molar-refractivity contribution in [2.75, 3.05) is 19.0 Å². The molecule has 0 fully saturated rings. The standard InChI is InChI=1S/C28H30N2O3S/c1-3-33-22-14-12-21(13-15-22)28-25-11-7-10-24(25)26-18-23(16-17-27(26)29-28)34(31,32)30(2)19-20-8-5-4-6-9-20/h4-10,12-18,24-25,28-29H,3,11,19H2,1-2H3. The minimum absolute atomic E-state index is 0.159. The maximum atomic E-state index is 13.4. The molecule has 0 radical (unpaired) electrons. The van der Waals surface area contributed by atoms with Gasteiger partial charge in [-0.15, -0.1) is 0 Å². The molecule has 0 saturated heterocycles. The van der Waals surface area contributed by atoms with Crippen LogP contribution in [0.25, 0.3) is 0 Å². The quantitative estimate of drug-likeness (QED) is 0.444. The van der Waals surface area contributed by atoms with Gasteiger partial charge in [0.2, 0.25) is 10.0 Å². The lowest BCUT2D eigenvalue weighted by molar-refractivity contribution is 0.340. The van der Waals surface area contributed by atoms with E-state index in [1.165, 1.54) is 9.87 Å². The zero-order chi connectivity index (χ0) is 23.7. The van der Waals surface area contributed by atoms with Crippen molar-refractivity contribution in [2.24, 2.45) is 5.92 Å². The van der Waals surface area contributed by atoms with E-state index in [-0.39, 0.29) is 12.0 Å². The smallest absolute Gasteiger partial charge is 0.243 e. The van der Waals surface area contributed by atoms with Gasteiger partial charge in [0.1, 0.15) is 5.75 Å². The number of hydrogen-bond acceptors (Lipinski definition) is 4. The average Bonchev–Trinajstić information content (AvgIpc) is 3.35. The Morgan fingerprint density at radius 2 is 1.79 bits per heavy atom. The van der Waals surface area contributed by atoms with Crippen LogP contribution in [0.2, 0.25) is 0 Å². The number of rotatable bonds is 7. The van der Waals surface area contributed by atoms with Crippen LogP contribution in [0.1, 0.15) is 42.0 Å². The summed E-state index contributed by atoms with van der Waals surface area (Å²) < 4.78 is 33.7. The molecule has 0 amide bonds. The van der Waals surface area contributed by atoms with Crippen LogP contribution in [0.15, 0.2) is 89.8 Å². The molecule has 1 N–H and O–H groups in total. The summed E-state index contributed by atoms with van der Waals surface area (Å²) in [7, 11) is -1.97. The summed E-state index contributed by atoms with van der Waals surface area (Å²) in [4.78, 5) is 0.338. The van der Waals surface area contributed by atoms with Crippen molar-refractivity contribution in [3.63, 3.8) is 0 Å². The highest BCUT2D eigenvalue weighted by Crippen LogP contribution is 2.50. The van der Waals surface area contributed by atoms with Gasteiger partial charge in [-0.25, -0.2) is 8.42 Å². The van der Waals surface area contributed by atoms with Gasteiger partial charge in [0, 0.05) is 25.2 Å². The van der Waals surface area contributed by atoms with Crippen LogP contribution >= 0.6 is 0 Å². The van der Waals surface area contributed by atoms with Crippen LogP contribution in [0.4, 0.5) is 5.69 Å². The van der Waals surface area contributed by atoms with Crippen molar-refractivity contribution in [1.82, 2.24) is 4.31 Å². The summed E-state index contributed by atoms with van der Waals surface area (Å²) in [6, 6.07) is 23.6. The molecule has 3 aromatic rings. The predicted octanol–water partition coefficient (Wildman–Crippen LogP) is 5.73. The Balaban J connectivity index is 1.43. The summed E-state index contributed by atoms with van der Waals surface area (Å²) in [6.07, 6.45) is 5.41. The summed E-state index contributed by atoms with van der Waals surface area (Å²) >= 11 is 0. The maximum Gasteiger partial charge on any atom is 0.243 e. The van der Waals surface area contributed by atoms with Crippen molar-refractivity contribution in [3.8, 4) is 5.75 Å². The molecule has 1 aliphatic carbocycles. The van der Waals surface area contributed by atoms with E-state index >= 15 is 0 Å². The molecule has 5 rings (SSSR count). The minimum Gasteiger partial charge on any atom is -0.494 e. The first-order valence-electron chi connectivity index (χ1n) is 11.8. The van der Waals surface area contributed by atoms with Crippen LogP contribution in [-0.4, -0.2) is 26.4 Å². The molecule has 3 aromatic carbocycles. The molecule has 5 nitrogen and oxygen atoms in total. The molecule has 3 atom stereocenters. The van der Waals surface area contributed by atoms with E-state index in [1.54, 1.807) is 13.1 Å². The van der Waals surface area contributed by atoms with E-state index in [2.05, 4.69) is 29.6 Å². The second-order valence-corrected chi connectivity index (χ2v) is 11.0. The Morgan fingerprint density at radius 1 is 1.03 bits per heavy atom. The zero-order valence-corrected chi connectivity index (χ0v) is 20.3. The van der Waals surface area contributed by atoms with Gasteiger partial charge < -0.3 is 10.1 Å². The van der Waals surface area contributed by atoms with E-state index in [9.17, 15) is 8.42 Å². The fourth-order valence-corrected chi connectivity index (χ4v) is 6.30. The molecule has 176 valence electrons. The molecule has 0 aromatic heterocycles. The van der Waals surface area contributed by atoms with Crippen LogP contribution < -0.4 is 10.1 Å².